The summed E-state index contributed by atoms with van der Waals surface area (Å²) >= 11 is 0. The third-order valence-corrected chi connectivity index (χ3v) is 2.24. The second-order valence-corrected chi connectivity index (χ2v) is 3.47. The molecule has 4 heteroatoms. The molecule has 0 spiro atoms. The van der Waals surface area contributed by atoms with E-state index in [1.807, 2.05) is 0 Å². The molecule has 84 valence electrons. The predicted molar refractivity (Wildman–Crippen MR) is 57.4 cm³/mol. The van der Waals surface area contributed by atoms with Gasteiger partial charge in [0.25, 0.3) is 0 Å². The average molecular weight is 214 g/mol. The number of hydrogen-bond donors (Lipinski definition) is 1. The van der Waals surface area contributed by atoms with Gasteiger partial charge in [0.15, 0.2) is 11.6 Å². The van der Waals surface area contributed by atoms with Crippen molar-refractivity contribution >= 4 is 5.69 Å². The van der Waals surface area contributed by atoms with E-state index in [0.29, 0.717) is 6.54 Å². The van der Waals surface area contributed by atoms with E-state index in [1.165, 1.54) is 17.1 Å². The molecule has 0 bridgehead atoms. The van der Waals surface area contributed by atoms with E-state index in [9.17, 15) is 8.78 Å². The Balaban J connectivity index is 2.65. The molecule has 0 aliphatic carbocycles. The van der Waals surface area contributed by atoms with Crippen molar-refractivity contribution in [1.29, 1.82) is 0 Å². The van der Waals surface area contributed by atoms with Crippen LogP contribution >= 0.6 is 0 Å². The largest absolute Gasteiger partial charge is 0.308 e. The van der Waals surface area contributed by atoms with E-state index in [2.05, 4.69) is 6.92 Å². The van der Waals surface area contributed by atoms with Gasteiger partial charge in [-0.1, -0.05) is 25.8 Å². The van der Waals surface area contributed by atoms with E-state index >= 15 is 0 Å². The summed E-state index contributed by atoms with van der Waals surface area (Å²) in [4.78, 5) is 0. The topological polar surface area (TPSA) is 29.3 Å². The summed E-state index contributed by atoms with van der Waals surface area (Å²) in [5.74, 6) is 3.89. The van der Waals surface area contributed by atoms with Gasteiger partial charge in [-0.2, -0.15) is 0 Å². The highest BCUT2D eigenvalue weighted by molar-refractivity contribution is 5.46. The molecule has 15 heavy (non-hydrogen) atoms. The fourth-order valence-corrected chi connectivity index (χ4v) is 1.37. The summed E-state index contributed by atoms with van der Waals surface area (Å²) in [6.45, 7) is 2.61. The summed E-state index contributed by atoms with van der Waals surface area (Å²) in [6, 6.07) is 4.01. The molecule has 0 aliphatic heterocycles. The third-order valence-electron chi connectivity index (χ3n) is 2.24. The van der Waals surface area contributed by atoms with Crippen LogP contribution in [0.2, 0.25) is 0 Å². The van der Waals surface area contributed by atoms with Crippen molar-refractivity contribution in [2.45, 2.75) is 26.2 Å². The molecule has 2 nitrogen and oxygen atoms in total. The number of nitrogens with two attached hydrogens (primary N) is 1. The summed E-state index contributed by atoms with van der Waals surface area (Å²) in [6.07, 6.45) is 2.98. The highest BCUT2D eigenvalue weighted by Gasteiger charge is 2.11. The van der Waals surface area contributed by atoms with Crippen LogP contribution in [0.3, 0.4) is 0 Å². The Morgan fingerprint density at radius 2 is 2.00 bits per heavy atom. The van der Waals surface area contributed by atoms with Crippen molar-refractivity contribution in [1.82, 2.24) is 0 Å². The monoisotopic (exact) mass is 214 g/mol. The average Bonchev–Trinajstić information content (AvgIpc) is 2.22. The molecule has 0 aromatic heterocycles. The highest BCUT2D eigenvalue weighted by Crippen LogP contribution is 2.19. The van der Waals surface area contributed by atoms with Crippen molar-refractivity contribution in [3.8, 4) is 0 Å². The lowest BCUT2D eigenvalue weighted by molar-refractivity contribution is 0.505. The predicted octanol–water partition coefficient (Wildman–Crippen LogP) is 2.84. The normalized spacial score (nSPS) is 10.4. The molecule has 0 unspecified atom stereocenters. The molecule has 0 aliphatic rings. The second kappa shape index (κ2) is 5.66. The molecule has 1 aromatic carbocycles. The third kappa shape index (κ3) is 3.16. The van der Waals surface area contributed by atoms with E-state index in [4.69, 9.17) is 5.84 Å². The van der Waals surface area contributed by atoms with Crippen LogP contribution in [-0.4, -0.2) is 6.54 Å². The van der Waals surface area contributed by atoms with Crippen LogP contribution in [-0.2, 0) is 0 Å². The Kier molecular flexibility index (Phi) is 4.49. The van der Waals surface area contributed by atoms with Crippen LogP contribution < -0.4 is 10.9 Å². The maximum atomic E-state index is 13.3. The maximum absolute atomic E-state index is 13.3. The van der Waals surface area contributed by atoms with Crippen molar-refractivity contribution in [3.05, 3.63) is 29.8 Å². The fourth-order valence-electron chi connectivity index (χ4n) is 1.37. The smallest absolute Gasteiger partial charge is 0.183 e. The molecule has 2 N–H and O–H groups in total. The van der Waals surface area contributed by atoms with Crippen LogP contribution in [0, 0.1) is 11.6 Å². The molecular formula is C11H16F2N2. The molecule has 1 aromatic rings. The lowest BCUT2D eigenvalue weighted by Crippen LogP contribution is -2.32. The standard InChI is InChI=1S/C11H16F2N2/c1-2-3-4-8-15(14)10-7-5-6-9(12)11(10)13/h5-7H,2-4,8,14H2,1H3. The molecular weight excluding hydrogens is 198 g/mol. The van der Waals surface area contributed by atoms with Crippen molar-refractivity contribution in [3.63, 3.8) is 0 Å². The minimum Gasteiger partial charge on any atom is -0.308 e. The number of halogens is 2. The number of hydrogen-bond acceptors (Lipinski definition) is 2. The van der Waals surface area contributed by atoms with Crippen LogP contribution in [0.5, 0.6) is 0 Å². The number of benzene rings is 1. The van der Waals surface area contributed by atoms with Gasteiger partial charge < -0.3 is 5.01 Å². The minimum absolute atomic E-state index is 0.117. The zero-order chi connectivity index (χ0) is 11.3. The Hall–Kier alpha value is -1.16. The highest BCUT2D eigenvalue weighted by atomic mass is 19.2. The van der Waals surface area contributed by atoms with Crippen LogP contribution in [0.4, 0.5) is 14.5 Å². The molecule has 0 atom stereocenters. The van der Waals surface area contributed by atoms with Crippen LogP contribution in [0.25, 0.3) is 0 Å². The molecule has 0 saturated carbocycles. The van der Waals surface area contributed by atoms with Crippen LogP contribution in [0.1, 0.15) is 26.2 Å². The zero-order valence-electron chi connectivity index (χ0n) is 8.84. The van der Waals surface area contributed by atoms with Gasteiger partial charge in [0, 0.05) is 6.54 Å². The van der Waals surface area contributed by atoms with E-state index in [0.717, 1.165) is 25.3 Å². The van der Waals surface area contributed by atoms with Gasteiger partial charge in [-0.25, -0.2) is 14.6 Å². The number of hydrazine groups is 1. The van der Waals surface area contributed by atoms with Crippen molar-refractivity contribution in [2.24, 2.45) is 5.84 Å². The zero-order valence-corrected chi connectivity index (χ0v) is 8.84. The van der Waals surface area contributed by atoms with E-state index in [1.54, 1.807) is 0 Å². The van der Waals surface area contributed by atoms with Crippen molar-refractivity contribution < 1.29 is 8.78 Å². The van der Waals surface area contributed by atoms with E-state index in [-0.39, 0.29) is 5.69 Å². The summed E-state index contributed by atoms with van der Waals surface area (Å²) in [7, 11) is 0. The maximum Gasteiger partial charge on any atom is 0.183 e. The summed E-state index contributed by atoms with van der Waals surface area (Å²) in [5, 5.41) is 1.26. The molecule has 0 radical (unpaired) electrons. The lowest BCUT2D eigenvalue weighted by Gasteiger charge is -2.19. The van der Waals surface area contributed by atoms with Gasteiger partial charge in [0.05, 0.1) is 5.69 Å². The summed E-state index contributed by atoms with van der Waals surface area (Å²) in [5.41, 5.74) is 0.117. The first kappa shape index (κ1) is 11.9. The Bertz CT molecular complexity index is 315. The summed E-state index contributed by atoms with van der Waals surface area (Å²) < 4.78 is 26.1. The first-order chi connectivity index (χ1) is 7.16. The Morgan fingerprint density at radius 1 is 1.27 bits per heavy atom. The number of rotatable bonds is 5. The van der Waals surface area contributed by atoms with Gasteiger partial charge in [-0.3, -0.25) is 0 Å². The molecule has 0 heterocycles. The number of unbranched alkanes of at least 4 members (excludes halogenated alkanes) is 2. The van der Waals surface area contributed by atoms with Gasteiger partial charge in [0.1, 0.15) is 0 Å². The second-order valence-electron chi connectivity index (χ2n) is 3.47. The minimum atomic E-state index is -0.878. The SMILES string of the molecule is CCCCCN(N)c1cccc(F)c1F. The molecule has 1 rings (SSSR count). The Labute approximate surface area is 88.7 Å². The lowest BCUT2D eigenvalue weighted by atomic mass is 10.2. The molecule has 0 amide bonds. The van der Waals surface area contributed by atoms with Gasteiger partial charge in [0.2, 0.25) is 0 Å². The van der Waals surface area contributed by atoms with Gasteiger partial charge in [-0.05, 0) is 18.6 Å². The van der Waals surface area contributed by atoms with Crippen LogP contribution in [0.15, 0.2) is 18.2 Å². The number of nitrogens with zero attached hydrogens (tertiary/aromatic N) is 1. The fraction of sp³-hybridized carbons (Fsp3) is 0.455. The Morgan fingerprint density at radius 3 is 2.67 bits per heavy atom. The quantitative estimate of drug-likeness (QED) is 0.464. The van der Waals surface area contributed by atoms with Crippen molar-refractivity contribution in [2.75, 3.05) is 11.6 Å². The first-order valence-electron chi connectivity index (χ1n) is 5.13. The molecule has 0 fully saturated rings. The first-order valence-corrected chi connectivity index (χ1v) is 5.13. The van der Waals surface area contributed by atoms with Gasteiger partial charge in [-0.15, -0.1) is 0 Å². The number of anilines is 1. The van der Waals surface area contributed by atoms with Gasteiger partial charge >= 0.3 is 0 Å². The molecule has 0 saturated heterocycles. The van der Waals surface area contributed by atoms with E-state index < -0.39 is 11.6 Å².